The van der Waals surface area contributed by atoms with E-state index in [4.69, 9.17) is 10.5 Å². The molecule has 0 amide bonds. The average Bonchev–Trinajstić information content (AvgIpc) is 2.47. The molecular weight excluding hydrogens is 252 g/mol. The van der Waals surface area contributed by atoms with Crippen LogP contribution in [-0.2, 0) is 11.3 Å². The van der Waals surface area contributed by atoms with Crippen molar-refractivity contribution < 1.29 is 9.53 Å². The van der Waals surface area contributed by atoms with Crippen LogP contribution in [0.3, 0.4) is 0 Å². The maximum Gasteiger partial charge on any atom is 0.337 e. The number of nitrogens with zero attached hydrogens (tertiary/aromatic N) is 1. The molecule has 1 aliphatic heterocycles. The van der Waals surface area contributed by atoms with Gasteiger partial charge in [-0.05, 0) is 56.5 Å². The van der Waals surface area contributed by atoms with Crippen molar-refractivity contribution in [3.05, 3.63) is 35.4 Å². The second-order valence-electron chi connectivity index (χ2n) is 5.66. The van der Waals surface area contributed by atoms with Gasteiger partial charge in [-0.2, -0.15) is 0 Å². The molecule has 4 nitrogen and oxygen atoms in total. The monoisotopic (exact) mass is 276 g/mol. The number of hydrogen-bond donors (Lipinski definition) is 1. The second-order valence-corrected chi connectivity index (χ2v) is 5.66. The normalized spacial score (nSPS) is 18.8. The molecule has 1 unspecified atom stereocenters. The minimum absolute atomic E-state index is 0.275. The van der Waals surface area contributed by atoms with Crippen LogP contribution in [0.5, 0.6) is 0 Å². The van der Waals surface area contributed by atoms with Gasteiger partial charge in [-0.25, -0.2) is 4.79 Å². The van der Waals surface area contributed by atoms with E-state index >= 15 is 0 Å². The number of nitrogens with two attached hydrogens (primary N) is 1. The Hall–Kier alpha value is -1.39. The summed E-state index contributed by atoms with van der Waals surface area (Å²) < 4.78 is 4.76. The molecule has 4 heteroatoms. The summed E-state index contributed by atoms with van der Waals surface area (Å²) in [6, 6.07) is 7.97. The Balaban J connectivity index is 1.93. The van der Waals surface area contributed by atoms with Gasteiger partial charge in [0.05, 0.1) is 12.7 Å². The number of esters is 1. The number of piperidine rings is 1. The van der Waals surface area contributed by atoms with Crippen molar-refractivity contribution in [2.45, 2.75) is 32.4 Å². The predicted octanol–water partition coefficient (Wildman–Crippen LogP) is 2.03. The van der Waals surface area contributed by atoms with Crippen LogP contribution in [0, 0.1) is 5.92 Å². The number of benzene rings is 1. The van der Waals surface area contributed by atoms with E-state index in [0.717, 1.165) is 38.0 Å². The van der Waals surface area contributed by atoms with Gasteiger partial charge in [-0.3, -0.25) is 4.90 Å². The number of ether oxygens (including phenoxy) is 1. The highest BCUT2D eigenvalue weighted by atomic mass is 16.5. The third-order valence-electron chi connectivity index (χ3n) is 4.13. The predicted molar refractivity (Wildman–Crippen MR) is 79.4 cm³/mol. The number of hydrogen-bond acceptors (Lipinski definition) is 4. The Bertz CT molecular complexity index is 452. The smallest absolute Gasteiger partial charge is 0.337 e. The van der Waals surface area contributed by atoms with Crippen molar-refractivity contribution in [1.29, 1.82) is 0 Å². The summed E-state index contributed by atoms with van der Waals surface area (Å²) in [5.74, 6) is 0.371. The molecule has 1 atom stereocenters. The zero-order valence-corrected chi connectivity index (χ0v) is 12.3. The van der Waals surface area contributed by atoms with Crippen LogP contribution in [0.1, 0.15) is 35.7 Å². The van der Waals surface area contributed by atoms with Crippen molar-refractivity contribution in [2.75, 3.05) is 20.2 Å². The molecule has 1 aromatic carbocycles. The van der Waals surface area contributed by atoms with Crippen molar-refractivity contribution in [3.63, 3.8) is 0 Å². The molecule has 0 radical (unpaired) electrons. The highest BCUT2D eigenvalue weighted by molar-refractivity contribution is 5.89. The van der Waals surface area contributed by atoms with E-state index in [1.54, 1.807) is 6.07 Å². The molecule has 0 spiro atoms. The van der Waals surface area contributed by atoms with Crippen LogP contribution in [0.15, 0.2) is 24.3 Å². The summed E-state index contributed by atoms with van der Waals surface area (Å²) in [7, 11) is 1.41. The molecule has 110 valence electrons. The Morgan fingerprint density at radius 3 is 2.75 bits per heavy atom. The van der Waals surface area contributed by atoms with Crippen LogP contribution in [0.4, 0.5) is 0 Å². The quantitative estimate of drug-likeness (QED) is 0.855. The molecular formula is C16H24N2O2. The third-order valence-corrected chi connectivity index (χ3v) is 4.13. The lowest BCUT2D eigenvalue weighted by atomic mass is 9.91. The van der Waals surface area contributed by atoms with Gasteiger partial charge in [0.25, 0.3) is 0 Å². The van der Waals surface area contributed by atoms with E-state index in [0.29, 0.717) is 17.5 Å². The standard InChI is InChI=1S/C16H24N2O2/c1-12(17)14-6-8-18(9-7-14)11-13-4-3-5-15(10-13)16(19)20-2/h3-5,10,12,14H,6-9,11,17H2,1-2H3. The molecule has 1 aromatic rings. The Labute approximate surface area is 120 Å². The molecule has 0 aliphatic carbocycles. The first-order chi connectivity index (χ1) is 9.60. The van der Waals surface area contributed by atoms with Gasteiger partial charge in [0.1, 0.15) is 0 Å². The molecule has 1 aliphatic rings. The molecule has 2 N–H and O–H groups in total. The number of carbonyl (C=O) groups is 1. The average molecular weight is 276 g/mol. The molecule has 0 saturated carbocycles. The van der Waals surface area contributed by atoms with Crippen molar-refractivity contribution >= 4 is 5.97 Å². The molecule has 20 heavy (non-hydrogen) atoms. The molecule has 1 heterocycles. The Kier molecular flexibility index (Phi) is 5.15. The summed E-state index contributed by atoms with van der Waals surface area (Å²) in [6.07, 6.45) is 2.32. The van der Waals surface area contributed by atoms with Crippen molar-refractivity contribution in [1.82, 2.24) is 4.90 Å². The van der Waals surface area contributed by atoms with Crippen molar-refractivity contribution in [2.24, 2.45) is 11.7 Å². The largest absolute Gasteiger partial charge is 0.465 e. The van der Waals surface area contributed by atoms with Gasteiger partial charge in [-0.15, -0.1) is 0 Å². The fourth-order valence-electron chi connectivity index (χ4n) is 2.81. The number of carbonyl (C=O) groups excluding carboxylic acids is 1. The van der Waals surface area contributed by atoms with Gasteiger partial charge < -0.3 is 10.5 Å². The van der Waals surface area contributed by atoms with E-state index in [-0.39, 0.29) is 5.97 Å². The summed E-state index contributed by atoms with van der Waals surface area (Å²) in [6.45, 7) is 5.14. The van der Waals surface area contributed by atoms with Gasteiger partial charge >= 0.3 is 5.97 Å². The molecule has 0 bridgehead atoms. The molecule has 1 saturated heterocycles. The van der Waals surface area contributed by atoms with E-state index in [9.17, 15) is 4.79 Å². The summed E-state index contributed by atoms with van der Waals surface area (Å²) in [5, 5.41) is 0. The van der Waals surface area contributed by atoms with Crippen LogP contribution in [-0.4, -0.2) is 37.1 Å². The van der Waals surface area contributed by atoms with Crippen LogP contribution in [0.2, 0.25) is 0 Å². The highest BCUT2D eigenvalue weighted by Crippen LogP contribution is 2.21. The lowest BCUT2D eigenvalue weighted by molar-refractivity contribution is 0.0600. The number of methoxy groups -OCH3 is 1. The lowest BCUT2D eigenvalue weighted by Crippen LogP contribution is -2.39. The highest BCUT2D eigenvalue weighted by Gasteiger charge is 2.21. The van der Waals surface area contributed by atoms with Gasteiger partial charge in [0.2, 0.25) is 0 Å². The third kappa shape index (κ3) is 3.81. The van der Waals surface area contributed by atoms with E-state index in [2.05, 4.69) is 17.9 Å². The van der Waals surface area contributed by atoms with Gasteiger partial charge in [0.15, 0.2) is 0 Å². The number of rotatable bonds is 4. The number of likely N-dealkylation sites (tertiary alicyclic amines) is 1. The van der Waals surface area contributed by atoms with Crippen molar-refractivity contribution in [3.8, 4) is 0 Å². The first-order valence-corrected chi connectivity index (χ1v) is 7.25. The minimum atomic E-state index is -0.275. The fraction of sp³-hybridized carbons (Fsp3) is 0.562. The summed E-state index contributed by atoms with van der Waals surface area (Å²) in [5.41, 5.74) is 7.74. The zero-order chi connectivity index (χ0) is 14.5. The first kappa shape index (κ1) is 15.0. The Morgan fingerprint density at radius 1 is 1.45 bits per heavy atom. The topological polar surface area (TPSA) is 55.6 Å². The first-order valence-electron chi connectivity index (χ1n) is 7.25. The Morgan fingerprint density at radius 2 is 2.15 bits per heavy atom. The van der Waals surface area contributed by atoms with Gasteiger partial charge in [0, 0.05) is 12.6 Å². The van der Waals surface area contributed by atoms with E-state index in [1.165, 1.54) is 7.11 Å². The minimum Gasteiger partial charge on any atom is -0.465 e. The lowest BCUT2D eigenvalue weighted by Gasteiger charge is -2.33. The maximum atomic E-state index is 11.5. The summed E-state index contributed by atoms with van der Waals surface area (Å²) in [4.78, 5) is 14.0. The fourth-order valence-corrected chi connectivity index (χ4v) is 2.81. The van der Waals surface area contributed by atoms with Gasteiger partial charge in [-0.1, -0.05) is 12.1 Å². The van der Waals surface area contributed by atoms with Crippen LogP contribution in [0.25, 0.3) is 0 Å². The molecule has 2 rings (SSSR count). The zero-order valence-electron chi connectivity index (χ0n) is 12.3. The van der Waals surface area contributed by atoms with Crippen LogP contribution >= 0.6 is 0 Å². The second kappa shape index (κ2) is 6.86. The SMILES string of the molecule is COC(=O)c1cccc(CN2CCC(C(C)N)CC2)c1. The summed E-state index contributed by atoms with van der Waals surface area (Å²) >= 11 is 0. The van der Waals surface area contributed by atoms with E-state index < -0.39 is 0 Å². The van der Waals surface area contributed by atoms with Crippen LogP contribution < -0.4 is 5.73 Å². The molecule has 0 aromatic heterocycles. The maximum absolute atomic E-state index is 11.5. The van der Waals surface area contributed by atoms with E-state index in [1.807, 2.05) is 12.1 Å². The molecule has 1 fully saturated rings.